The fourth-order valence-corrected chi connectivity index (χ4v) is 2.66. The van der Waals surface area contributed by atoms with E-state index in [0.29, 0.717) is 11.4 Å². The fraction of sp³-hybridized carbons (Fsp3) is 0.538. The lowest BCUT2D eigenvalue weighted by Crippen LogP contribution is -2.51. The zero-order chi connectivity index (χ0) is 12.1. The molecule has 0 aliphatic heterocycles. The molecule has 2 rings (SSSR count). The number of amides is 1. The summed E-state index contributed by atoms with van der Waals surface area (Å²) in [5.74, 6) is 0.416. The topological polar surface area (TPSA) is 42.0 Å². The highest BCUT2D eigenvalue weighted by molar-refractivity contribution is 6.19. The molecule has 1 heterocycles. The molecule has 0 unspecified atom stereocenters. The molecule has 0 saturated heterocycles. The summed E-state index contributed by atoms with van der Waals surface area (Å²) in [5, 5.41) is 3.09. The van der Waals surface area contributed by atoms with Crippen molar-refractivity contribution in [1.29, 1.82) is 0 Å². The van der Waals surface area contributed by atoms with Crippen LogP contribution in [0.3, 0.4) is 0 Å². The van der Waals surface area contributed by atoms with Gasteiger partial charge in [0, 0.05) is 18.3 Å². The highest BCUT2D eigenvalue weighted by Crippen LogP contribution is 2.29. The van der Waals surface area contributed by atoms with Crippen LogP contribution in [0.5, 0.6) is 0 Å². The van der Waals surface area contributed by atoms with Crippen molar-refractivity contribution in [2.24, 2.45) is 0 Å². The van der Waals surface area contributed by atoms with Crippen molar-refractivity contribution < 1.29 is 4.79 Å². The molecule has 1 aromatic heterocycles. The fourth-order valence-electron chi connectivity index (χ4n) is 2.33. The third-order valence-electron chi connectivity index (χ3n) is 3.37. The van der Waals surface area contributed by atoms with E-state index in [9.17, 15) is 4.79 Å². The average Bonchev–Trinajstić information content (AvgIpc) is 2.41. The average molecular weight is 253 g/mol. The second kappa shape index (κ2) is 5.50. The van der Waals surface area contributed by atoms with E-state index in [1.165, 1.54) is 6.42 Å². The number of alkyl halides is 1. The van der Waals surface area contributed by atoms with Crippen LogP contribution in [-0.2, 0) is 0 Å². The van der Waals surface area contributed by atoms with Gasteiger partial charge in [-0.2, -0.15) is 0 Å². The Morgan fingerprint density at radius 3 is 2.76 bits per heavy atom. The lowest BCUT2D eigenvalue weighted by Gasteiger charge is -2.36. The Labute approximate surface area is 107 Å². The molecule has 92 valence electrons. The van der Waals surface area contributed by atoms with Crippen LogP contribution in [0.4, 0.5) is 0 Å². The van der Waals surface area contributed by atoms with Crippen LogP contribution in [-0.4, -0.2) is 22.3 Å². The van der Waals surface area contributed by atoms with Crippen LogP contribution in [0.25, 0.3) is 0 Å². The van der Waals surface area contributed by atoms with Gasteiger partial charge >= 0.3 is 0 Å². The number of carbonyl (C=O) groups is 1. The summed E-state index contributed by atoms with van der Waals surface area (Å²) in [6.45, 7) is 0. The summed E-state index contributed by atoms with van der Waals surface area (Å²) < 4.78 is 0. The Morgan fingerprint density at radius 2 is 2.18 bits per heavy atom. The largest absolute Gasteiger partial charge is 0.345 e. The number of hydrogen-bond acceptors (Lipinski definition) is 2. The number of rotatable bonds is 3. The van der Waals surface area contributed by atoms with Gasteiger partial charge in [-0.25, -0.2) is 0 Å². The molecule has 0 spiro atoms. The Kier molecular flexibility index (Phi) is 4.00. The van der Waals surface area contributed by atoms with Crippen LogP contribution in [0, 0.1) is 0 Å². The van der Waals surface area contributed by atoms with Crippen LogP contribution in [0.1, 0.15) is 42.5 Å². The van der Waals surface area contributed by atoms with Crippen molar-refractivity contribution in [3.05, 3.63) is 30.1 Å². The van der Waals surface area contributed by atoms with E-state index in [0.717, 1.165) is 25.7 Å². The quantitative estimate of drug-likeness (QED) is 0.841. The predicted octanol–water partition coefficient (Wildman–Crippen LogP) is 2.75. The van der Waals surface area contributed by atoms with E-state index in [4.69, 9.17) is 11.6 Å². The molecule has 0 radical (unpaired) electrons. The highest BCUT2D eigenvalue weighted by Gasteiger charge is 2.32. The first kappa shape index (κ1) is 12.4. The standard InChI is InChI=1S/C13H17ClN2O/c14-10-13(6-2-1-3-7-13)16-12(17)11-5-4-8-15-9-11/h4-5,8-9H,1-3,6-7,10H2,(H,16,17). The van der Waals surface area contributed by atoms with E-state index in [1.54, 1.807) is 24.5 Å². The molecule has 1 N–H and O–H groups in total. The van der Waals surface area contributed by atoms with Crippen LogP contribution in [0.15, 0.2) is 24.5 Å². The maximum atomic E-state index is 12.1. The Balaban J connectivity index is 2.06. The van der Waals surface area contributed by atoms with Gasteiger partial charge in [0.2, 0.25) is 0 Å². The van der Waals surface area contributed by atoms with Crippen molar-refractivity contribution in [3.63, 3.8) is 0 Å². The number of nitrogens with zero attached hydrogens (tertiary/aromatic N) is 1. The summed E-state index contributed by atoms with van der Waals surface area (Å²) in [6, 6.07) is 3.54. The molecule has 1 saturated carbocycles. The molecule has 0 aromatic carbocycles. The number of nitrogens with one attached hydrogen (secondary N) is 1. The van der Waals surface area contributed by atoms with Crippen LogP contribution >= 0.6 is 11.6 Å². The molecule has 17 heavy (non-hydrogen) atoms. The third-order valence-corrected chi connectivity index (χ3v) is 3.88. The van der Waals surface area contributed by atoms with Crippen molar-refractivity contribution in [2.75, 3.05) is 5.88 Å². The molecule has 3 nitrogen and oxygen atoms in total. The van der Waals surface area contributed by atoms with E-state index in [-0.39, 0.29) is 11.4 Å². The Morgan fingerprint density at radius 1 is 1.41 bits per heavy atom. The minimum Gasteiger partial charge on any atom is -0.345 e. The molecule has 1 amide bonds. The van der Waals surface area contributed by atoms with Gasteiger partial charge in [0.25, 0.3) is 5.91 Å². The van der Waals surface area contributed by atoms with E-state index >= 15 is 0 Å². The van der Waals surface area contributed by atoms with Gasteiger partial charge in [0.15, 0.2) is 0 Å². The van der Waals surface area contributed by atoms with E-state index in [1.807, 2.05) is 0 Å². The summed E-state index contributed by atoms with van der Waals surface area (Å²) in [4.78, 5) is 16.0. The van der Waals surface area contributed by atoms with Crippen molar-refractivity contribution in [2.45, 2.75) is 37.6 Å². The van der Waals surface area contributed by atoms with Crippen molar-refractivity contribution >= 4 is 17.5 Å². The maximum absolute atomic E-state index is 12.1. The first-order chi connectivity index (χ1) is 8.26. The van der Waals surface area contributed by atoms with Crippen LogP contribution in [0.2, 0.25) is 0 Å². The van der Waals surface area contributed by atoms with Crippen molar-refractivity contribution in [1.82, 2.24) is 10.3 Å². The number of aromatic nitrogens is 1. The minimum atomic E-state index is -0.216. The monoisotopic (exact) mass is 252 g/mol. The lowest BCUT2D eigenvalue weighted by atomic mass is 9.83. The number of halogens is 1. The van der Waals surface area contributed by atoms with Gasteiger partial charge in [-0.1, -0.05) is 19.3 Å². The van der Waals surface area contributed by atoms with Gasteiger partial charge in [-0.15, -0.1) is 11.6 Å². The molecule has 1 aromatic rings. The molecule has 0 atom stereocenters. The lowest BCUT2D eigenvalue weighted by molar-refractivity contribution is 0.0884. The SMILES string of the molecule is O=C(NC1(CCl)CCCCC1)c1cccnc1. The van der Waals surface area contributed by atoms with Gasteiger partial charge in [-0.05, 0) is 25.0 Å². The van der Waals surface area contributed by atoms with E-state index in [2.05, 4.69) is 10.3 Å². The summed E-state index contributed by atoms with van der Waals surface area (Å²) in [7, 11) is 0. The number of pyridine rings is 1. The molecule has 0 bridgehead atoms. The zero-order valence-corrected chi connectivity index (χ0v) is 10.5. The van der Waals surface area contributed by atoms with E-state index < -0.39 is 0 Å². The third kappa shape index (κ3) is 2.97. The summed E-state index contributed by atoms with van der Waals surface area (Å²) >= 11 is 6.04. The molecule has 4 heteroatoms. The minimum absolute atomic E-state index is 0.0688. The second-order valence-corrected chi connectivity index (χ2v) is 4.94. The summed E-state index contributed by atoms with van der Waals surface area (Å²) in [6.07, 6.45) is 8.71. The first-order valence-electron chi connectivity index (χ1n) is 6.04. The van der Waals surface area contributed by atoms with Gasteiger partial charge in [0.05, 0.1) is 11.1 Å². The first-order valence-corrected chi connectivity index (χ1v) is 6.58. The molecular weight excluding hydrogens is 236 g/mol. The summed E-state index contributed by atoms with van der Waals surface area (Å²) in [5.41, 5.74) is 0.384. The highest BCUT2D eigenvalue weighted by atomic mass is 35.5. The second-order valence-electron chi connectivity index (χ2n) is 4.67. The molecule has 1 aliphatic carbocycles. The molecule has 1 fully saturated rings. The number of carbonyl (C=O) groups excluding carboxylic acids is 1. The number of hydrogen-bond donors (Lipinski definition) is 1. The van der Waals surface area contributed by atoms with Crippen molar-refractivity contribution in [3.8, 4) is 0 Å². The Bertz CT molecular complexity index is 374. The van der Waals surface area contributed by atoms with Gasteiger partial charge in [-0.3, -0.25) is 9.78 Å². The van der Waals surface area contributed by atoms with Gasteiger partial charge < -0.3 is 5.32 Å². The molecular formula is C13H17ClN2O. The normalized spacial score (nSPS) is 18.6. The zero-order valence-electron chi connectivity index (χ0n) is 9.79. The molecule has 1 aliphatic rings. The van der Waals surface area contributed by atoms with Gasteiger partial charge in [0.1, 0.15) is 0 Å². The predicted molar refractivity (Wildman–Crippen MR) is 68.2 cm³/mol. The Hall–Kier alpha value is -1.09. The van der Waals surface area contributed by atoms with Crippen LogP contribution < -0.4 is 5.32 Å². The smallest absolute Gasteiger partial charge is 0.253 e. The maximum Gasteiger partial charge on any atom is 0.253 e.